The van der Waals surface area contributed by atoms with Gasteiger partial charge in [-0.15, -0.1) is 0 Å². The fourth-order valence-electron chi connectivity index (χ4n) is 1.69. The fourth-order valence-corrected chi connectivity index (χ4v) is 2.93. The molecule has 0 spiro atoms. The van der Waals surface area contributed by atoms with Crippen LogP contribution in [0.2, 0.25) is 0 Å². The van der Waals surface area contributed by atoms with Crippen molar-refractivity contribution in [3.05, 3.63) is 35.4 Å². The lowest BCUT2D eigenvalue weighted by Gasteiger charge is -2.15. The highest BCUT2D eigenvalue weighted by Gasteiger charge is 2.23. The van der Waals surface area contributed by atoms with Crippen molar-refractivity contribution < 1.29 is 4.79 Å². The molecule has 1 aliphatic heterocycles. The lowest BCUT2D eigenvalue weighted by atomic mass is 10.1. The van der Waals surface area contributed by atoms with Gasteiger partial charge in [-0.25, -0.2) is 0 Å². The largest absolute Gasteiger partial charge is 0.297 e. The molecule has 0 N–H and O–H groups in total. The Morgan fingerprint density at radius 3 is 2.88 bits per heavy atom. The number of rotatable bonds is 2. The molecule has 0 unspecified atom stereocenters. The summed E-state index contributed by atoms with van der Waals surface area (Å²) in [5.74, 6) is 1.04. The molecule has 1 aliphatic rings. The first kappa shape index (κ1) is 11.6. The highest BCUT2D eigenvalue weighted by atomic mass is 32.2. The molecule has 4 heteroatoms. The van der Waals surface area contributed by atoms with Crippen LogP contribution >= 0.6 is 24.0 Å². The minimum absolute atomic E-state index is 0.115. The third-order valence-electron chi connectivity index (χ3n) is 2.66. The number of carbonyl (C=O) groups is 1. The predicted molar refractivity (Wildman–Crippen MR) is 71.7 cm³/mol. The summed E-state index contributed by atoms with van der Waals surface area (Å²) >= 11 is 6.72. The van der Waals surface area contributed by atoms with Gasteiger partial charge in [-0.1, -0.05) is 48.2 Å². The maximum Gasteiger partial charge on any atom is 0.232 e. The Morgan fingerprint density at radius 1 is 1.50 bits per heavy atom. The summed E-state index contributed by atoms with van der Waals surface area (Å²) in [4.78, 5) is 13.7. The molecule has 1 saturated heterocycles. The first-order valence-corrected chi connectivity index (χ1v) is 6.59. The molecule has 2 nitrogen and oxygen atoms in total. The second kappa shape index (κ2) is 4.97. The Balaban J connectivity index is 2.08. The van der Waals surface area contributed by atoms with Gasteiger partial charge in [0.05, 0.1) is 6.42 Å². The van der Waals surface area contributed by atoms with Crippen LogP contribution in [0.5, 0.6) is 0 Å². The van der Waals surface area contributed by atoms with Gasteiger partial charge >= 0.3 is 0 Å². The van der Waals surface area contributed by atoms with Crippen molar-refractivity contribution in [3.63, 3.8) is 0 Å². The van der Waals surface area contributed by atoms with E-state index in [9.17, 15) is 4.79 Å². The summed E-state index contributed by atoms with van der Waals surface area (Å²) in [5, 5.41) is 0. The molecule has 1 heterocycles. The number of thioether (sulfide) groups is 1. The van der Waals surface area contributed by atoms with E-state index in [0.717, 1.165) is 27.7 Å². The molecule has 0 atom stereocenters. The maximum absolute atomic E-state index is 12.0. The number of aryl methyl sites for hydroxylation is 1. The molecule has 16 heavy (non-hydrogen) atoms. The number of benzene rings is 1. The fraction of sp³-hybridized carbons (Fsp3) is 0.333. The molecule has 0 saturated carbocycles. The molecule has 2 rings (SSSR count). The van der Waals surface area contributed by atoms with E-state index in [1.807, 2.05) is 31.2 Å². The zero-order valence-corrected chi connectivity index (χ0v) is 10.7. The molecule has 1 fully saturated rings. The SMILES string of the molecule is Cc1ccccc1CC(=O)N1CCSC1=S. The van der Waals surface area contributed by atoms with Gasteiger partial charge in [0.2, 0.25) is 5.91 Å². The molecule has 84 valence electrons. The van der Waals surface area contributed by atoms with E-state index in [4.69, 9.17) is 12.2 Å². The highest BCUT2D eigenvalue weighted by molar-refractivity contribution is 8.23. The van der Waals surface area contributed by atoms with Gasteiger partial charge in [0.1, 0.15) is 4.32 Å². The van der Waals surface area contributed by atoms with E-state index < -0.39 is 0 Å². The molecular formula is C12H13NOS2. The van der Waals surface area contributed by atoms with Crippen LogP contribution in [0.4, 0.5) is 0 Å². The summed E-state index contributed by atoms with van der Waals surface area (Å²) in [6.07, 6.45) is 0.452. The van der Waals surface area contributed by atoms with Crippen molar-refractivity contribution in [1.29, 1.82) is 0 Å². The number of carbonyl (C=O) groups excluding carboxylic acids is 1. The zero-order valence-electron chi connectivity index (χ0n) is 9.10. The molecule has 1 aromatic carbocycles. The number of hydrogen-bond donors (Lipinski definition) is 0. The zero-order chi connectivity index (χ0) is 11.5. The molecule has 0 aliphatic carbocycles. The monoisotopic (exact) mass is 251 g/mol. The topological polar surface area (TPSA) is 20.3 Å². The average Bonchev–Trinajstić information content (AvgIpc) is 2.68. The molecule has 0 aromatic heterocycles. The van der Waals surface area contributed by atoms with Crippen LogP contribution in [0.1, 0.15) is 11.1 Å². The van der Waals surface area contributed by atoms with Crippen LogP contribution in [-0.4, -0.2) is 27.4 Å². The van der Waals surface area contributed by atoms with E-state index >= 15 is 0 Å². The maximum atomic E-state index is 12.0. The standard InChI is InChI=1S/C12H13NOS2/c1-9-4-2-3-5-10(9)8-11(14)13-6-7-16-12(13)15/h2-5H,6-8H2,1H3. The van der Waals surface area contributed by atoms with E-state index in [1.165, 1.54) is 0 Å². The number of nitrogens with zero attached hydrogens (tertiary/aromatic N) is 1. The summed E-state index contributed by atoms with van der Waals surface area (Å²) < 4.78 is 0.721. The average molecular weight is 251 g/mol. The Morgan fingerprint density at radius 2 is 2.25 bits per heavy atom. The van der Waals surface area contributed by atoms with Gasteiger partial charge in [-0.3, -0.25) is 9.69 Å². The summed E-state index contributed by atoms with van der Waals surface area (Å²) in [7, 11) is 0. The summed E-state index contributed by atoms with van der Waals surface area (Å²) in [6, 6.07) is 7.98. The van der Waals surface area contributed by atoms with Gasteiger partial charge < -0.3 is 0 Å². The lowest BCUT2D eigenvalue weighted by molar-refractivity contribution is -0.126. The third kappa shape index (κ3) is 2.44. The Hall–Kier alpha value is -0.870. The Labute approximate surface area is 105 Å². The van der Waals surface area contributed by atoms with Crippen molar-refractivity contribution >= 4 is 34.2 Å². The van der Waals surface area contributed by atoms with Gasteiger partial charge in [-0.2, -0.15) is 0 Å². The van der Waals surface area contributed by atoms with Gasteiger partial charge in [0.25, 0.3) is 0 Å². The van der Waals surface area contributed by atoms with Crippen molar-refractivity contribution in [2.75, 3.05) is 12.3 Å². The van der Waals surface area contributed by atoms with Crippen molar-refractivity contribution in [2.24, 2.45) is 0 Å². The van der Waals surface area contributed by atoms with E-state index in [-0.39, 0.29) is 5.91 Å². The van der Waals surface area contributed by atoms with Gasteiger partial charge in [0.15, 0.2) is 0 Å². The van der Waals surface area contributed by atoms with Crippen LogP contribution in [0.3, 0.4) is 0 Å². The van der Waals surface area contributed by atoms with Crippen LogP contribution in [0.25, 0.3) is 0 Å². The van der Waals surface area contributed by atoms with Crippen molar-refractivity contribution in [2.45, 2.75) is 13.3 Å². The van der Waals surface area contributed by atoms with Gasteiger partial charge in [-0.05, 0) is 18.1 Å². The number of amides is 1. The second-order valence-electron chi connectivity index (χ2n) is 3.76. The van der Waals surface area contributed by atoms with Crippen LogP contribution < -0.4 is 0 Å². The van der Waals surface area contributed by atoms with Crippen LogP contribution in [-0.2, 0) is 11.2 Å². The normalized spacial score (nSPS) is 15.6. The highest BCUT2D eigenvalue weighted by Crippen LogP contribution is 2.19. The predicted octanol–water partition coefficient (Wildman–Crippen LogP) is 2.40. The molecule has 1 aromatic rings. The van der Waals surface area contributed by atoms with Crippen molar-refractivity contribution in [1.82, 2.24) is 4.90 Å². The Kier molecular flexibility index (Phi) is 3.61. The molecule has 1 amide bonds. The molecule has 0 radical (unpaired) electrons. The molecule has 0 bridgehead atoms. The van der Waals surface area contributed by atoms with Gasteiger partial charge in [0, 0.05) is 12.3 Å². The quantitative estimate of drug-likeness (QED) is 0.753. The van der Waals surface area contributed by atoms with E-state index in [1.54, 1.807) is 16.7 Å². The smallest absolute Gasteiger partial charge is 0.232 e. The van der Waals surface area contributed by atoms with Crippen LogP contribution in [0, 0.1) is 6.92 Å². The third-order valence-corrected chi connectivity index (χ3v) is 4.09. The van der Waals surface area contributed by atoms with E-state index in [2.05, 4.69) is 0 Å². The number of thiocarbonyl (C=S) groups is 1. The van der Waals surface area contributed by atoms with Crippen molar-refractivity contribution in [3.8, 4) is 0 Å². The minimum Gasteiger partial charge on any atom is -0.297 e. The minimum atomic E-state index is 0.115. The van der Waals surface area contributed by atoms with E-state index in [0.29, 0.717) is 6.42 Å². The summed E-state index contributed by atoms with van der Waals surface area (Å²) in [5.41, 5.74) is 2.25. The molecular weight excluding hydrogens is 238 g/mol. The first-order valence-electron chi connectivity index (χ1n) is 5.20. The first-order chi connectivity index (χ1) is 7.68. The Bertz CT molecular complexity index is 431. The lowest BCUT2D eigenvalue weighted by Crippen LogP contribution is -2.32. The second-order valence-corrected chi connectivity index (χ2v) is 5.49. The van der Waals surface area contributed by atoms with Crippen LogP contribution in [0.15, 0.2) is 24.3 Å². The summed E-state index contributed by atoms with van der Waals surface area (Å²) in [6.45, 7) is 2.79. The number of hydrogen-bond acceptors (Lipinski definition) is 3.